The largest absolute Gasteiger partial charge is 0.383 e. The van der Waals surface area contributed by atoms with Crippen molar-refractivity contribution in [2.75, 3.05) is 26.0 Å². The zero-order chi connectivity index (χ0) is 19.2. The fraction of sp³-hybridized carbons (Fsp3) is 0.600. The number of carbonyl (C=O) groups excluding carboxylic acids is 1. The Morgan fingerprint density at radius 3 is 2.85 bits per heavy atom. The van der Waals surface area contributed by atoms with Crippen LogP contribution in [-0.4, -0.2) is 52.4 Å². The number of nitrogens with zero attached hydrogens (tertiary/aromatic N) is 3. The molecule has 27 heavy (non-hydrogen) atoms. The van der Waals surface area contributed by atoms with Crippen LogP contribution in [0.15, 0.2) is 23.4 Å². The topological polar surface area (TPSA) is 47.4 Å². The van der Waals surface area contributed by atoms with Gasteiger partial charge in [-0.05, 0) is 38.0 Å². The molecular weight excluding hydrogens is 382 g/mol. The molecule has 1 heterocycles. The highest BCUT2D eigenvalue weighted by molar-refractivity contribution is 7.99. The Morgan fingerprint density at radius 1 is 1.37 bits per heavy atom. The summed E-state index contributed by atoms with van der Waals surface area (Å²) in [6, 6.07) is 6.12. The molecule has 0 spiro atoms. The zero-order valence-electron chi connectivity index (χ0n) is 16.1. The molecule has 0 unspecified atom stereocenters. The number of hydrogen-bond acceptors (Lipinski definition) is 4. The summed E-state index contributed by atoms with van der Waals surface area (Å²) < 4.78 is 7.36. The van der Waals surface area contributed by atoms with E-state index in [1.165, 1.54) is 31.0 Å². The fourth-order valence-electron chi connectivity index (χ4n) is 3.83. The van der Waals surface area contributed by atoms with Crippen molar-refractivity contribution in [2.45, 2.75) is 56.8 Å². The molecule has 0 aliphatic heterocycles. The zero-order valence-corrected chi connectivity index (χ0v) is 17.7. The molecule has 3 rings (SSSR count). The van der Waals surface area contributed by atoms with Crippen LogP contribution in [-0.2, 0) is 16.1 Å². The molecule has 0 bridgehead atoms. The summed E-state index contributed by atoms with van der Waals surface area (Å²) in [5, 5.41) is 1.51. The molecule has 1 aromatic carbocycles. The summed E-state index contributed by atoms with van der Waals surface area (Å²) in [5.41, 5.74) is 1.87. The van der Waals surface area contributed by atoms with Gasteiger partial charge in [0.25, 0.3) is 0 Å². The maximum Gasteiger partial charge on any atom is 0.233 e. The number of rotatable bonds is 8. The quantitative estimate of drug-likeness (QED) is 0.597. The Morgan fingerprint density at radius 2 is 2.15 bits per heavy atom. The van der Waals surface area contributed by atoms with E-state index in [1.54, 1.807) is 7.11 Å². The standard InChI is InChI=1S/C20H28ClN3O2S/c1-3-23(16-7-5-4-6-8-16)19(25)14-27-20-22-17-13-15(21)9-10-18(17)24(20)11-12-26-2/h9-10,13,16H,3-8,11-12,14H2,1-2H3. The lowest BCUT2D eigenvalue weighted by atomic mass is 9.94. The van der Waals surface area contributed by atoms with Crippen molar-refractivity contribution in [3.63, 3.8) is 0 Å². The first-order valence-corrected chi connectivity index (χ1v) is 11.1. The maximum atomic E-state index is 12.9. The summed E-state index contributed by atoms with van der Waals surface area (Å²) in [7, 11) is 1.69. The number of hydrogen-bond donors (Lipinski definition) is 0. The van der Waals surface area contributed by atoms with Gasteiger partial charge in [-0.25, -0.2) is 4.98 Å². The molecule has 1 aromatic heterocycles. The second-order valence-electron chi connectivity index (χ2n) is 6.93. The maximum absolute atomic E-state index is 12.9. The highest BCUT2D eigenvalue weighted by Gasteiger charge is 2.24. The predicted octanol–water partition coefficient (Wildman–Crippen LogP) is 4.61. The second kappa shape index (κ2) is 9.80. The van der Waals surface area contributed by atoms with Crippen LogP contribution in [0.2, 0.25) is 5.02 Å². The van der Waals surface area contributed by atoms with E-state index >= 15 is 0 Å². The highest BCUT2D eigenvalue weighted by Crippen LogP contribution is 2.28. The predicted molar refractivity (Wildman–Crippen MR) is 112 cm³/mol. The van der Waals surface area contributed by atoms with Gasteiger partial charge >= 0.3 is 0 Å². The van der Waals surface area contributed by atoms with Gasteiger partial charge in [0.1, 0.15) is 0 Å². The molecule has 148 valence electrons. The third kappa shape index (κ3) is 4.98. The van der Waals surface area contributed by atoms with E-state index in [0.29, 0.717) is 30.0 Å². The number of methoxy groups -OCH3 is 1. The lowest BCUT2D eigenvalue weighted by molar-refractivity contribution is -0.131. The van der Waals surface area contributed by atoms with Gasteiger partial charge in [-0.3, -0.25) is 4.79 Å². The highest BCUT2D eigenvalue weighted by atomic mass is 35.5. The summed E-state index contributed by atoms with van der Waals surface area (Å²) in [6.07, 6.45) is 6.03. The van der Waals surface area contributed by atoms with Gasteiger partial charge in [-0.2, -0.15) is 0 Å². The van der Waals surface area contributed by atoms with E-state index < -0.39 is 0 Å². The Hall–Kier alpha value is -1.24. The molecule has 1 saturated carbocycles. The number of benzene rings is 1. The number of amides is 1. The van der Waals surface area contributed by atoms with Crippen molar-refractivity contribution in [3.05, 3.63) is 23.2 Å². The van der Waals surface area contributed by atoms with Crippen molar-refractivity contribution in [1.29, 1.82) is 0 Å². The third-order valence-corrected chi connectivity index (χ3v) is 6.39. The molecule has 1 fully saturated rings. The Labute approximate surface area is 170 Å². The van der Waals surface area contributed by atoms with Crippen molar-refractivity contribution >= 4 is 40.3 Å². The van der Waals surface area contributed by atoms with Gasteiger partial charge < -0.3 is 14.2 Å². The number of aromatic nitrogens is 2. The smallest absolute Gasteiger partial charge is 0.233 e. The molecule has 0 saturated heterocycles. The molecule has 1 aliphatic carbocycles. The Balaban J connectivity index is 1.73. The number of halogens is 1. The van der Waals surface area contributed by atoms with Crippen LogP contribution < -0.4 is 0 Å². The number of thioether (sulfide) groups is 1. The van der Waals surface area contributed by atoms with E-state index in [1.807, 2.05) is 18.2 Å². The van der Waals surface area contributed by atoms with Crippen LogP contribution in [0.1, 0.15) is 39.0 Å². The van der Waals surface area contributed by atoms with E-state index in [9.17, 15) is 4.79 Å². The van der Waals surface area contributed by atoms with Crippen LogP contribution in [0.25, 0.3) is 11.0 Å². The third-order valence-electron chi connectivity index (χ3n) is 5.20. The van der Waals surface area contributed by atoms with Crippen LogP contribution >= 0.6 is 23.4 Å². The first-order valence-electron chi connectivity index (χ1n) is 9.71. The molecule has 5 nitrogen and oxygen atoms in total. The number of ether oxygens (including phenoxy) is 1. The van der Waals surface area contributed by atoms with Crippen molar-refractivity contribution in [3.8, 4) is 0 Å². The van der Waals surface area contributed by atoms with Gasteiger partial charge in [0, 0.05) is 31.3 Å². The summed E-state index contributed by atoms with van der Waals surface area (Å²) in [6.45, 7) is 4.15. The first-order chi connectivity index (χ1) is 13.1. The van der Waals surface area contributed by atoms with E-state index in [2.05, 4.69) is 16.4 Å². The number of carbonyl (C=O) groups is 1. The van der Waals surface area contributed by atoms with Crippen molar-refractivity contribution < 1.29 is 9.53 Å². The molecule has 7 heteroatoms. The minimum Gasteiger partial charge on any atom is -0.383 e. The van der Waals surface area contributed by atoms with Gasteiger partial charge in [-0.1, -0.05) is 42.6 Å². The fourth-order valence-corrected chi connectivity index (χ4v) is 4.92. The average Bonchev–Trinajstić information content (AvgIpc) is 3.02. The van der Waals surface area contributed by atoms with Crippen molar-refractivity contribution in [2.24, 2.45) is 0 Å². The van der Waals surface area contributed by atoms with E-state index in [-0.39, 0.29) is 5.91 Å². The minimum absolute atomic E-state index is 0.206. The Bertz CT molecular complexity index is 774. The number of fused-ring (bicyclic) bond motifs is 1. The molecule has 2 aromatic rings. The summed E-state index contributed by atoms with van der Waals surface area (Å²) >= 11 is 7.62. The van der Waals surface area contributed by atoms with E-state index in [4.69, 9.17) is 21.3 Å². The molecule has 0 radical (unpaired) electrons. The minimum atomic E-state index is 0.206. The summed E-state index contributed by atoms with van der Waals surface area (Å²) in [4.78, 5) is 19.6. The molecular formula is C20H28ClN3O2S. The van der Waals surface area contributed by atoms with E-state index in [0.717, 1.165) is 35.6 Å². The van der Waals surface area contributed by atoms with Crippen LogP contribution in [0.3, 0.4) is 0 Å². The average molecular weight is 410 g/mol. The summed E-state index contributed by atoms with van der Waals surface area (Å²) in [5.74, 6) is 0.617. The molecule has 1 amide bonds. The molecule has 0 atom stereocenters. The molecule has 0 N–H and O–H groups in total. The number of imidazole rings is 1. The SMILES string of the molecule is CCN(C(=O)CSc1nc2cc(Cl)ccc2n1CCOC)C1CCCCC1. The van der Waals surface area contributed by atoms with Gasteiger partial charge in [0.15, 0.2) is 5.16 Å². The van der Waals surface area contributed by atoms with Gasteiger partial charge in [-0.15, -0.1) is 0 Å². The van der Waals surface area contributed by atoms with Crippen LogP contribution in [0.4, 0.5) is 0 Å². The normalized spacial score (nSPS) is 15.4. The van der Waals surface area contributed by atoms with Crippen LogP contribution in [0.5, 0.6) is 0 Å². The van der Waals surface area contributed by atoms with Crippen LogP contribution in [0, 0.1) is 0 Å². The first kappa shape index (κ1) is 20.5. The molecule has 1 aliphatic rings. The lowest BCUT2D eigenvalue weighted by Gasteiger charge is -2.33. The Kier molecular flexibility index (Phi) is 7.44. The van der Waals surface area contributed by atoms with Gasteiger partial charge in [0.05, 0.1) is 23.4 Å². The lowest BCUT2D eigenvalue weighted by Crippen LogP contribution is -2.42. The van der Waals surface area contributed by atoms with Gasteiger partial charge in [0.2, 0.25) is 5.91 Å². The second-order valence-corrected chi connectivity index (χ2v) is 8.31. The monoisotopic (exact) mass is 409 g/mol. The van der Waals surface area contributed by atoms with Crippen molar-refractivity contribution in [1.82, 2.24) is 14.5 Å².